The highest BCUT2D eigenvalue weighted by atomic mass is 32.2. The van der Waals surface area contributed by atoms with Crippen LogP contribution >= 0.6 is 11.8 Å². The molecule has 1 amide bonds. The Morgan fingerprint density at radius 3 is 2.54 bits per heavy atom. The topological polar surface area (TPSA) is 72.9 Å². The monoisotopic (exact) mass is 484 g/mol. The zero-order valence-corrected chi connectivity index (χ0v) is 20.2. The predicted molar refractivity (Wildman–Crippen MR) is 138 cm³/mol. The highest BCUT2D eigenvalue weighted by Gasteiger charge is 2.31. The van der Waals surface area contributed by atoms with E-state index in [0.29, 0.717) is 29.4 Å². The van der Waals surface area contributed by atoms with Crippen LogP contribution in [-0.4, -0.2) is 51.1 Å². The smallest absolute Gasteiger partial charge is 0.286 e. The van der Waals surface area contributed by atoms with Gasteiger partial charge in [-0.3, -0.25) is 4.79 Å². The molecule has 4 aromatic rings. The molecule has 0 radical (unpaired) electrons. The van der Waals surface area contributed by atoms with Crippen LogP contribution in [0.3, 0.4) is 0 Å². The first-order valence-electron chi connectivity index (χ1n) is 11.6. The number of fused-ring (bicyclic) bond motifs is 1. The van der Waals surface area contributed by atoms with Gasteiger partial charge in [0.15, 0.2) is 10.9 Å². The largest absolute Gasteiger partial charge is 0.454 e. The highest BCUT2D eigenvalue weighted by molar-refractivity contribution is 8.18. The van der Waals surface area contributed by atoms with Gasteiger partial charge < -0.3 is 14.1 Å². The van der Waals surface area contributed by atoms with Crippen molar-refractivity contribution in [1.29, 1.82) is 0 Å². The number of amidine groups is 1. The fraction of sp³-hybridized carbons (Fsp3) is 0.222. The Morgan fingerprint density at radius 1 is 1.03 bits per heavy atom. The summed E-state index contributed by atoms with van der Waals surface area (Å²) in [5.41, 5.74) is 3.19. The first kappa shape index (κ1) is 21.9. The molecule has 1 fully saturated rings. The molecule has 0 N–H and O–H groups in total. The summed E-state index contributed by atoms with van der Waals surface area (Å²) in [7, 11) is 0. The van der Waals surface area contributed by atoms with Gasteiger partial charge in [-0.25, -0.2) is 4.68 Å². The molecule has 35 heavy (non-hydrogen) atoms. The number of amides is 1. The highest BCUT2D eigenvalue weighted by Crippen LogP contribution is 2.35. The molecule has 2 atom stereocenters. The first-order valence-corrected chi connectivity index (χ1v) is 12.4. The number of carbonyl (C=O) groups is 1. The van der Waals surface area contributed by atoms with Crippen LogP contribution in [0.2, 0.25) is 0 Å². The average molecular weight is 485 g/mol. The number of nitrogens with zero attached hydrogens (tertiary/aromatic N) is 4. The molecule has 176 valence electrons. The second kappa shape index (κ2) is 8.87. The van der Waals surface area contributed by atoms with E-state index in [2.05, 4.69) is 9.89 Å². The van der Waals surface area contributed by atoms with E-state index < -0.39 is 0 Å². The van der Waals surface area contributed by atoms with Crippen LogP contribution in [0.15, 0.2) is 81.2 Å². The van der Waals surface area contributed by atoms with E-state index in [1.165, 1.54) is 11.8 Å². The summed E-state index contributed by atoms with van der Waals surface area (Å²) >= 11 is 1.40. The Bertz CT molecular complexity index is 1430. The van der Waals surface area contributed by atoms with Crippen molar-refractivity contribution in [2.75, 3.05) is 13.1 Å². The van der Waals surface area contributed by atoms with Gasteiger partial charge in [-0.05, 0) is 56.0 Å². The maximum absolute atomic E-state index is 12.9. The normalized spacial score (nSPS) is 21.8. The lowest BCUT2D eigenvalue weighted by atomic mass is 10.2. The van der Waals surface area contributed by atoms with E-state index in [9.17, 15) is 4.79 Å². The lowest BCUT2D eigenvalue weighted by Gasteiger charge is -2.35. The molecule has 6 rings (SSSR count). The Morgan fingerprint density at radius 2 is 1.77 bits per heavy atom. The molecule has 4 heterocycles. The minimum Gasteiger partial charge on any atom is -0.454 e. The SMILES string of the molecule is CC1CN(C2=NC(=O)/C(=C/c3cn(-c4ccccc4)nc3-c3cc4ccccc4o3)S2)CC(C)O1. The summed E-state index contributed by atoms with van der Waals surface area (Å²) in [5, 5.41) is 6.56. The number of morpholine rings is 1. The quantitative estimate of drug-likeness (QED) is 0.364. The van der Waals surface area contributed by atoms with Crippen LogP contribution in [0.1, 0.15) is 19.4 Å². The molecule has 2 unspecified atom stereocenters. The minimum atomic E-state index is -0.236. The fourth-order valence-electron chi connectivity index (χ4n) is 4.50. The molecule has 2 aromatic heterocycles. The number of aromatic nitrogens is 2. The summed E-state index contributed by atoms with van der Waals surface area (Å²) in [6.45, 7) is 5.51. The van der Waals surface area contributed by atoms with Gasteiger partial charge in [0.05, 0.1) is 22.8 Å². The Kier molecular flexibility index (Phi) is 5.54. The van der Waals surface area contributed by atoms with Crippen molar-refractivity contribution in [3.8, 4) is 17.1 Å². The third kappa shape index (κ3) is 4.31. The van der Waals surface area contributed by atoms with E-state index in [0.717, 1.165) is 27.4 Å². The Labute approximate surface area is 207 Å². The van der Waals surface area contributed by atoms with E-state index in [4.69, 9.17) is 14.3 Å². The van der Waals surface area contributed by atoms with E-state index in [1.807, 2.05) is 91.5 Å². The van der Waals surface area contributed by atoms with Crippen molar-refractivity contribution in [2.24, 2.45) is 4.99 Å². The maximum Gasteiger partial charge on any atom is 0.286 e. The van der Waals surface area contributed by atoms with Crippen LogP contribution in [-0.2, 0) is 9.53 Å². The average Bonchev–Trinajstić information content (AvgIpc) is 3.56. The zero-order valence-electron chi connectivity index (χ0n) is 19.4. The van der Waals surface area contributed by atoms with E-state index >= 15 is 0 Å². The Balaban J connectivity index is 1.38. The zero-order chi connectivity index (χ0) is 23.9. The lowest BCUT2D eigenvalue weighted by molar-refractivity contribution is -0.113. The second-order valence-electron chi connectivity index (χ2n) is 8.83. The van der Waals surface area contributed by atoms with Gasteiger partial charge in [-0.15, -0.1) is 0 Å². The van der Waals surface area contributed by atoms with Gasteiger partial charge in [0, 0.05) is 30.2 Å². The van der Waals surface area contributed by atoms with Crippen LogP contribution in [0.5, 0.6) is 0 Å². The van der Waals surface area contributed by atoms with Gasteiger partial charge in [0.25, 0.3) is 5.91 Å². The standard InChI is InChI=1S/C27H24N4O3S/c1-17-14-30(15-18(2)33-17)27-28-26(32)24(35-27)13-20-16-31(21-9-4-3-5-10-21)29-25(20)23-12-19-8-6-7-11-22(19)34-23/h3-13,16-18H,14-15H2,1-2H3/b24-13-. The maximum atomic E-state index is 12.9. The Hall–Kier alpha value is -3.62. The molecule has 0 spiro atoms. The van der Waals surface area contributed by atoms with Crippen molar-refractivity contribution >= 4 is 39.9 Å². The first-order chi connectivity index (χ1) is 17.0. The molecular formula is C27H24N4O3S. The number of thioether (sulfide) groups is 1. The predicted octanol–water partition coefficient (Wildman–Crippen LogP) is 5.37. The van der Waals surface area contributed by atoms with Crippen LogP contribution in [0.25, 0.3) is 34.2 Å². The molecule has 8 heteroatoms. The molecule has 0 saturated carbocycles. The number of rotatable bonds is 3. The van der Waals surface area contributed by atoms with Gasteiger partial charge in [0.1, 0.15) is 11.3 Å². The summed E-state index contributed by atoms with van der Waals surface area (Å²) in [6.07, 6.45) is 3.98. The van der Waals surface area contributed by atoms with Crippen molar-refractivity contribution < 1.29 is 13.9 Å². The molecule has 2 aromatic carbocycles. The third-order valence-corrected chi connectivity index (χ3v) is 7.05. The lowest BCUT2D eigenvalue weighted by Crippen LogP contribution is -2.47. The number of furan rings is 1. The van der Waals surface area contributed by atoms with Gasteiger partial charge >= 0.3 is 0 Å². The third-order valence-electron chi connectivity index (χ3n) is 6.01. The van der Waals surface area contributed by atoms with Gasteiger partial charge in [-0.2, -0.15) is 10.1 Å². The van der Waals surface area contributed by atoms with Crippen molar-refractivity contribution in [2.45, 2.75) is 26.1 Å². The van der Waals surface area contributed by atoms with Crippen molar-refractivity contribution in [3.63, 3.8) is 0 Å². The number of carbonyl (C=O) groups excluding carboxylic acids is 1. The molecule has 2 aliphatic rings. The number of para-hydroxylation sites is 2. The number of hydrogen-bond donors (Lipinski definition) is 0. The van der Waals surface area contributed by atoms with Crippen LogP contribution < -0.4 is 0 Å². The molecule has 2 aliphatic heterocycles. The van der Waals surface area contributed by atoms with Gasteiger partial charge in [-0.1, -0.05) is 36.4 Å². The molecular weight excluding hydrogens is 460 g/mol. The molecule has 7 nitrogen and oxygen atoms in total. The van der Waals surface area contributed by atoms with Crippen molar-refractivity contribution in [3.05, 3.63) is 77.3 Å². The molecule has 0 bridgehead atoms. The summed E-state index contributed by atoms with van der Waals surface area (Å²) < 4.78 is 13.8. The number of aliphatic imine (C=N–C) groups is 1. The van der Waals surface area contributed by atoms with E-state index in [1.54, 1.807) is 0 Å². The number of hydrogen-bond acceptors (Lipinski definition) is 6. The second-order valence-corrected chi connectivity index (χ2v) is 9.84. The van der Waals surface area contributed by atoms with Crippen LogP contribution in [0, 0.1) is 0 Å². The molecule has 1 saturated heterocycles. The molecule has 0 aliphatic carbocycles. The summed E-state index contributed by atoms with van der Waals surface area (Å²) in [5.74, 6) is 0.417. The summed E-state index contributed by atoms with van der Waals surface area (Å²) in [4.78, 5) is 19.9. The van der Waals surface area contributed by atoms with Gasteiger partial charge in [0.2, 0.25) is 0 Å². The number of ether oxygens (including phenoxy) is 1. The minimum absolute atomic E-state index is 0.0916. The fourth-order valence-corrected chi connectivity index (χ4v) is 5.43. The van der Waals surface area contributed by atoms with Crippen LogP contribution in [0.4, 0.5) is 0 Å². The summed E-state index contributed by atoms with van der Waals surface area (Å²) in [6, 6.07) is 19.7. The van der Waals surface area contributed by atoms with Crippen molar-refractivity contribution in [1.82, 2.24) is 14.7 Å². The number of benzene rings is 2. The van der Waals surface area contributed by atoms with E-state index in [-0.39, 0.29) is 18.1 Å².